The molecule has 0 saturated carbocycles. The molecule has 3 aromatic carbocycles. The highest BCUT2D eigenvalue weighted by atomic mass is 16.7. The molecular formula is C31H32O14. The number of hydrogen-bond donors (Lipinski definition) is 10. The number of hydrogen-bond acceptors (Lipinski definition) is 14. The van der Waals surface area contributed by atoms with Crippen molar-refractivity contribution in [2.75, 3.05) is 13.2 Å². The minimum Gasteiger partial charge on any atom is -0.504 e. The molecular weight excluding hydrogens is 596 g/mol. The molecule has 0 spiro atoms. The van der Waals surface area contributed by atoms with Crippen LogP contribution >= 0.6 is 0 Å². The summed E-state index contributed by atoms with van der Waals surface area (Å²) in [6, 6.07) is 13.0. The summed E-state index contributed by atoms with van der Waals surface area (Å²) in [6.45, 7) is -1.82. The molecule has 6 rings (SSSR count). The van der Waals surface area contributed by atoms with E-state index in [-0.39, 0.29) is 21.9 Å². The zero-order valence-electron chi connectivity index (χ0n) is 23.4. The molecule has 3 aromatic rings. The third kappa shape index (κ3) is 4.78. The van der Waals surface area contributed by atoms with Crippen LogP contribution in [0.1, 0.15) is 15.9 Å². The van der Waals surface area contributed by atoms with E-state index in [9.17, 15) is 55.9 Å². The van der Waals surface area contributed by atoms with Crippen molar-refractivity contribution in [3.63, 3.8) is 0 Å². The van der Waals surface area contributed by atoms with Crippen LogP contribution in [-0.4, -0.2) is 131 Å². The summed E-state index contributed by atoms with van der Waals surface area (Å²) in [5.74, 6) is -5.27. The van der Waals surface area contributed by atoms with Gasteiger partial charge in [-0.25, -0.2) is 0 Å². The third-order valence-electron chi connectivity index (χ3n) is 8.63. The number of rotatable bonds is 6. The molecule has 3 aliphatic rings. The Morgan fingerprint density at radius 2 is 1.47 bits per heavy atom. The minimum atomic E-state index is -2.84. The molecule has 1 aliphatic carbocycles. The highest BCUT2D eigenvalue weighted by molar-refractivity contribution is 6.25. The van der Waals surface area contributed by atoms with Gasteiger partial charge in [0.05, 0.1) is 13.2 Å². The second-order valence-electron chi connectivity index (χ2n) is 11.3. The summed E-state index contributed by atoms with van der Waals surface area (Å²) in [4.78, 5) is 13.4. The number of Topliss-reactive ketones (excluding diaryl/α,β-unsaturated/α-hetero) is 1. The molecule has 14 heteroatoms. The van der Waals surface area contributed by atoms with E-state index in [2.05, 4.69) is 0 Å². The van der Waals surface area contributed by atoms with Crippen LogP contribution in [0.3, 0.4) is 0 Å². The van der Waals surface area contributed by atoms with Gasteiger partial charge >= 0.3 is 0 Å². The van der Waals surface area contributed by atoms with Crippen molar-refractivity contribution >= 4 is 22.6 Å². The van der Waals surface area contributed by atoms with Gasteiger partial charge < -0.3 is 65.3 Å². The number of carbonyl (C=O) groups is 1. The van der Waals surface area contributed by atoms with Crippen LogP contribution in [0.4, 0.5) is 0 Å². The predicted molar refractivity (Wildman–Crippen MR) is 153 cm³/mol. The first-order chi connectivity index (χ1) is 21.4. The Hall–Kier alpha value is -3.67. The summed E-state index contributed by atoms with van der Waals surface area (Å²) in [7, 11) is 0. The maximum absolute atomic E-state index is 13.4. The molecule has 10 atom stereocenters. The van der Waals surface area contributed by atoms with Crippen molar-refractivity contribution in [1.29, 1.82) is 0 Å². The molecule has 10 N–H and O–H groups in total. The van der Waals surface area contributed by atoms with Crippen LogP contribution in [0.2, 0.25) is 0 Å². The molecule has 2 heterocycles. The Morgan fingerprint density at radius 1 is 0.800 bits per heavy atom. The topological polar surface area (TPSA) is 247 Å². The monoisotopic (exact) mass is 628 g/mol. The van der Waals surface area contributed by atoms with Crippen LogP contribution in [0.15, 0.2) is 54.3 Å². The van der Waals surface area contributed by atoms with Crippen molar-refractivity contribution in [2.24, 2.45) is 0 Å². The number of ether oxygens (including phenoxy) is 3. The Balaban J connectivity index is 1.59. The van der Waals surface area contributed by atoms with Crippen molar-refractivity contribution in [3.8, 4) is 22.6 Å². The molecule has 240 valence electrons. The van der Waals surface area contributed by atoms with E-state index in [1.165, 1.54) is 12.1 Å². The zero-order valence-corrected chi connectivity index (χ0v) is 23.4. The molecule has 0 bridgehead atoms. The van der Waals surface area contributed by atoms with Crippen molar-refractivity contribution < 1.29 is 70.1 Å². The summed E-state index contributed by atoms with van der Waals surface area (Å²) >= 11 is 0. The van der Waals surface area contributed by atoms with E-state index in [1.807, 2.05) is 0 Å². The standard InChI is InChI=1S/C31H32O14/c32-10-18-23(37)25(39)27(41)30(43-18)31(29(42)26(40)24(38)19(11-33)44-31)45-28-15-7-6-14(12-4-2-1-3-5-12)21-20(15)13(9-17(28)35)8-16(34)22(21)36/h1-9,18-19,23-27,29-30,32-35,37-42H,10-11H2/t18-,19-,23+,24-,25+,26-,27-,29-,30-,31-/m0/s1. The fourth-order valence-corrected chi connectivity index (χ4v) is 6.31. The number of aliphatic hydroxyl groups is 9. The number of allylic oxidation sites excluding steroid dienone is 1. The quantitative estimate of drug-likeness (QED) is 0.152. The van der Waals surface area contributed by atoms with Gasteiger partial charge in [0.1, 0.15) is 42.7 Å². The van der Waals surface area contributed by atoms with Gasteiger partial charge in [-0.3, -0.25) is 4.79 Å². The third-order valence-corrected chi connectivity index (χ3v) is 8.63. The van der Waals surface area contributed by atoms with E-state index < -0.39 is 97.0 Å². The van der Waals surface area contributed by atoms with Crippen LogP contribution in [0.5, 0.6) is 11.5 Å². The zero-order chi connectivity index (χ0) is 32.4. The predicted octanol–water partition coefficient (Wildman–Crippen LogP) is -1.30. The fraction of sp³-hybridized carbons (Fsp3) is 0.387. The molecule has 0 radical (unpaired) electrons. The second-order valence-corrected chi connectivity index (χ2v) is 11.3. The number of phenols is 1. The van der Waals surface area contributed by atoms with Crippen molar-refractivity contribution in [1.82, 2.24) is 0 Å². The molecule has 0 aromatic heterocycles. The lowest BCUT2D eigenvalue weighted by Crippen LogP contribution is -2.77. The Bertz CT molecular complexity index is 1640. The highest BCUT2D eigenvalue weighted by Crippen LogP contribution is 2.49. The van der Waals surface area contributed by atoms with Crippen molar-refractivity contribution in [3.05, 3.63) is 65.4 Å². The number of ketones is 1. The maximum Gasteiger partial charge on any atom is 0.269 e. The second kappa shape index (κ2) is 11.6. The van der Waals surface area contributed by atoms with Crippen molar-refractivity contribution in [2.45, 2.75) is 60.7 Å². The lowest BCUT2D eigenvalue weighted by molar-refractivity contribution is -0.396. The molecule has 0 unspecified atom stereocenters. The number of aromatic hydroxyl groups is 1. The first-order valence-electron chi connectivity index (χ1n) is 14.1. The van der Waals surface area contributed by atoms with Crippen LogP contribution in [0.25, 0.3) is 28.0 Å². The average molecular weight is 629 g/mol. The average Bonchev–Trinajstić information content (AvgIpc) is 3.04. The normalized spacial score (nSPS) is 34.9. The molecule has 0 amide bonds. The number of aliphatic hydroxyl groups excluding tert-OH is 9. The number of benzene rings is 3. The van der Waals surface area contributed by atoms with E-state index in [1.54, 1.807) is 30.3 Å². The van der Waals surface area contributed by atoms with Gasteiger partial charge in [-0.15, -0.1) is 0 Å². The van der Waals surface area contributed by atoms with Gasteiger partial charge in [-0.05, 0) is 34.9 Å². The van der Waals surface area contributed by atoms with Crippen LogP contribution in [-0.2, 0) is 9.47 Å². The first-order valence-corrected chi connectivity index (χ1v) is 14.1. The van der Waals surface area contributed by atoms with Gasteiger partial charge in [0, 0.05) is 16.3 Å². The van der Waals surface area contributed by atoms with Gasteiger partial charge in [-0.2, -0.15) is 0 Å². The summed E-state index contributed by atoms with van der Waals surface area (Å²) in [6.07, 6.45) is -16.4. The first kappa shape index (κ1) is 31.3. The van der Waals surface area contributed by atoms with Gasteiger partial charge in [0.15, 0.2) is 29.5 Å². The SMILES string of the molecule is O=C1C(O)=Cc2cc(O)c(O[C@@]3([C@H]4O[C@@H](CO)[C@@H](O)[C@@H](O)[C@@H]4O)O[C@@H](CO)[C@H](O)[C@H](O)[C@@H]3O)c3ccc(-c4ccccc4)c1c23. The number of carbonyl (C=O) groups excluding carboxylic acids is 1. The lowest BCUT2D eigenvalue weighted by Gasteiger charge is -2.54. The summed E-state index contributed by atoms with van der Waals surface area (Å²) in [5.41, 5.74) is 1.33. The molecule has 2 aliphatic heterocycles. The molecule has 14 nitrogen and oxygen atoms in total. The maximum atomic E-state index is 13.4. The fourth-order valence-electron chi connectivity index (χ4n) is 6.31. The molecule has 2 saturated heterocycles. The Labute approximate surface area is 254 Å². The van der Waals surface area contributed by atoms with E-state index >= 15 is 0 Å². The van der Waals surface area contributed by atoms with Gasteiger partial charge in [0.2, 0.25) is 5.78 Å². The number of phenolic OH excluding ortho intramolecular Hbond substituents is 1. The summed E-state index contributed by atoms with van der Waals surface area (Å²) < 4.78 is 17.6. The van der Waals surface area contributed by atoms with E-state index in [0.29, 0.717) is 11.1 Å². The lowest BCUT2D eigenvalue weighted by atomic mass is 9.82. The van der Waals surface area contributed by atoms with Gasteiger partial charge in [0.25, 0.3) is 5.79 Å². The van der Waals surface area contributed by atoms with Crippen LogP contribution < -0.4 is 4.74 Å². The van der Waals surface area contributed by atoms with E-state index in [4.69, 9.17) is 14.2 Å². The highest BCUT2D eigenvalue weighted by Gasteiger charge is 2.65. The molecule has 2 fully saturated rings. The summed E-state index contributed by atoms with van der Waals surface area (Å²) in [5, 5.41) is 107. The smallest absolute Gasteiger partial charge is 0.269 e. The minimum absolute atomic E-state index is 0.0395. The van der Waals surface area contributed by atoms with E-state index in [0.717, 1.165) is 12.1 Å². The van der Waals surface area contributed by atoms with Gasteiger partial charge in [-0.1, -0.05) is 36.4 Å². The molecule has 45 heavy (non-hydrogen) atoms. The largest absolute Gasteiger partial charge is 0.504 e. The van der Waals surface area contributed by atoms with Crippen LogP contribution in [0, 0.1) is 0 Å². The Morgan fingerprint density at radius 3 is 2.13 bits per heavy atom. The Kier molecular flexibility index (Phi) is 8.07.